The van der Waals surface area contributed by atoms with Gasteiger partial charge in [-0.25, -0.2) is 15.0 Å². The van der Waals surface area contributed by atoms with Gasteiger partial charge < -0.3 is 4.57 Å². The lowest BCUT2D eigenvalue weighted by molar-refractivity contribution is 1.03. The van der Waals surface area contributed by atoms with Crippen molar-refractivity contribution >= 4 is 37.7 Å². The Morgan fingerprint density at radius 1 is 0.531 bits per heavy atom. The van der Waals surface area contributed by atoms with Crippen LogP contribution < -0.4 is 0 Å². The van der Waals surface area contributed by atoms with Gasteiger partial charge in [-0.05, 0) is 40.2 Å². The highest BCUT2D eigenvalue weighted by molar-refractivity contribution is 9.10. The van der Waals surface area contributed by atoms with Gasteiger partial charge in [-0.1, -0.05) is 78.9 Å². The molecule has 32 heavy (non-hydrogen) atoms. The quantitative estimate of drug-likeness (QED) is 0.274. The molecule has 0 N–H and O–H groups in total. The third kappa shape index (κ3) is 3.18. The Hall–Kier alpha value is -3.83. The predicted molar refractivity (Wildman–Crippen MR) is 133 cm³/mol. The van der Waals surface area contributed by atoms with Crippen LogP contribution in [-0.2, 0) is 0 Å². The van der Waals surface area contributed by atoms with Crippen molar-refractivity contribution in [1.29, 1.82) is 0 Å². The van der Waals surface area contributed by atoms with E-state index in [0.717, 1.165) is 22.3 Å². The second-order valence-corrected chi connectivity index (χ2v) is 8.25. The molecule has 0 spiro atoms. The van der Waals surface area contributed by atoms with Crippen molar-refractivity contribution < 1.29 is 0 Å². The summed E-state index contributed by atoms with van der Waals surface area (Å²) in [6.45, 7) is 0. The molecule has 0 radical (unpaired) electrons. The molecule has 0 unspecified atom stereocenters. The van der Waals surface area contributed by atoms with Gasteiger partial charge >= 0.3 is 0 Å². The second kappa shape index (κ2) is 7.70. The molecule has 0 aliphatic heterocycles. The van der Waals surface area contributed by atoms with E-state index in [1.165, 1.54) is 16.3 Å². The first-order valence-corrected chi connectivity index (χ1v) is 11.1. The highest BCUT2D eigenvalue weighted by atomic mass is 79.9. The van der Waals surface area contributed by atoms with Gasteiger partial charge in [0.1, 0.15) is 0 Å². The van der Waals surface area contributed by atoms with E-state index in [9.17, 15) is 0 Å². The molecule has 6 rings (SSSR count). The molecule has 5 heteroatoms. The highest BCUT2D eigenvalue weighted by Crippen LogP contribution is 2.34. The van der Waals surface area contributed by atoms with E-state index >= 15 is 0 Å². The van der Waals surface area contributed by atoms with E-state index in [0.29, 0.717) is 16.4 Å². The average molecular weight is 477 g/mol. The van der Waals surface area contributed by atoms with Crippen molar-refractivity contribution in [3.63, 3.8) is 0 Å². The van der Waals surface area contributed by atoms with Gasteiger partial charge in [0.15, 0.2) is 11.6 Å². The summed E-state index contributed by atoms with van der Waals surface area (Å²) >= 11 is 3.47. The van der Waals surface area contributed by atoms with Crippen molar-refractivity contribution in [3.05, 3.63) is 108 Å². The van der Waals surface area contributed by atoms with Crippen LogP contribution in [-0.4, -0.2) is 19.5 Å². The van der Waals surface area contributed by atoms with Crippen molar-refractivity contribution in [1.82, 2.24) is 19.5 Å². The van der Waals surface area contributed by atoms with E-state index < -0.39 is 0 Å². The minimum atomic E-state index is 0.519. The second-order valence-electron chi connectivity index (χ2n) is 7.54. The number of nitrogens with zero attached hydrogens (tertiary/aromatic N) is 4. The minimum absolute atomic E-state index is 0.519. The van der Waals surface area contributed by atoms with Crippen LogP contribution in [0.2, 0.25) is 0 Å². The van der Waals surface area contributed by atoms with Crippen molar-refractivity contribution in [2.75, 3.05) is 0 Å². The van der Waals surface area contributed by atoms with Crippen LogP contribution in [0.15, 0.2) is 108 Å². The van der Waals surface area contributed by atoms with Gasteiger partial charge in [0, 0.05) is 27.6 Å². The lowest BCUT2D eigenvalue weighted by Crippen LogP contribution is -1.98. The zero-order chi connectivity index (χ0) is 21.5. The van der Waals surface area contributed by atoms with Gasteiger partial charge in [0.25, 0.3) is 0 Å². The standard InChI is InChI=1S/C27H17BrN4/c28-27-30-25(18-9-3-1-4-10-18)29-26(31-27)19-15-16-22-21-13-7-8-14-23(21)32(24(22)17-19)20-11-5-2-6-12-20/h1-17H. The van der Waals surface area contributed by atoms with Gasteiger partial charge in [0.2, 0.25) is 4.73 Å². The molecular formula is C27H17BrN4. The number of benzene rings is 4. The number of hydrogen-bond acceptors (Lipinski definition) is 3. The number of hydrogen-bond donors (Lipinski definition) is 0. The summed E-state index contributed by atoms with van der Waals surface area (Å²) in [6.07, 6.45) is 0. The molecule has 0 amide bonds. The van der Waals surface area contributed by atoms with Gasteiger partial charge in [-0.2, -0.15) is 0 Å². The van der Waals surface area contributed by atoms with Crippen LogP contribution >= 0.6 is 15.9 Å². The molecule has 4 nitrogen and oxygen atoms in total. The Morgan fingerprint density at radius 2 is 1.16 bits per heavy atom. The summed E-state index contributed by atoms with van der Waals surface area (Å²) in [6, 6.07) is 35.3. The van der Waals surface area contributed by atoms with E-state index in [-0.39, 0.29) is 0 Å². The maximum Gasteiger partial charge on any atom is 0.200 e. The molecule has 0 saturated heterocycles. The lowest BCUT2D eigenvalue weighted by atomic mass is 10.1. The van der Waals surface area contributed by atoms with E-state index in [4.69, 9.17) is 4.98 Å². The maximum atomic E-state index is 4.78. The summed E-state index contributed by atoms with van der Waals surface area (Å²) in [4.78, 5) is 13.8. The van der Waals surface area contributed by atoms with Gasteiger partial charge in [-0.15, -0.1) is 0 Å². The van der Waals surface area contributed by atoms with Crippen molar-refractivity contribution in [2.45, 2.75) is 0 Å². The first-order valence-electron chi connectivity index (χ1n) is 10.3. The van der Waals surface area contributed by atoms with Crippen LogP contribution in [0.4, 0.5) is 0 Å². The Labute approximate surface area is 193 Å². The summed E-state index contributed by atoms with van der Waals surface area (Å²) < 4.78 is 2.81. The monoisotopic (exact) mass is 476 g/mol. The molecule has 0 fully saturated rings. The lowest BCUT2D eigenvalue weighted by Gasteiger charge is -2.09. The van der Waals surface area contributed by atoms with Crippen LogP contribution in [0, 0.1) is 0 Å². The van der Waals surface area contributed by atoms with Gasteiger partial charge in [-0.3, -0.25) is 0 Å². The Morgan fingerprint density at radius 3 is 1.94 bits per heavy atom. The van der Waals surface area contributed by atoms with E-state index in [1.54, 1.807) is 0 Å². The number of aromatic nitrogens is 4. The van der Waals surface area contributed by atoms with Crippen LogP contribution in [0.1, 0.15) is 0 Å². The molecule has 2 aromatic heterocycles. The third-order valence-corrected chi connectivity index (χ3v) is 5.94. The summed E-state index contributed by atoms with van der Waals surface area (Å²) in [5.41, 5.74) is 5.31. The molecule has 152 valence electrons. The fourth-order valence-electron chi connectivity index (χ4n) is 4.16. The molecule has 2 heterocycles. The molecule has 4 aromatic carbocycles. The smallest absolute Gasteiger partial charge is 0.200 e. The third-order valence-electron chi connectivity index (χ3n) is 5.59. The minimum Gasteiger partial charge on any atom is -0.309 e. The Bertz CT molecular complexity index is 1570. The zero-order valence-electron chi connectivity index (χ0n) is 17.0. The zero-order valence-corrected chi connectivity index (χ0v) is 18.6. The topological polar surface area (TPSA) is 43.6 Å². The van der Waals surface area contributed by atoms with E-state index in [2.05, 4.69) is 97.2 Å². The van der Waals surface area contributed by atoms with E-state index in [1.807, 2.05) is 36.4 Å². The first-order chi connectivity index (χ1) is 15.8. The van der Waals surface area contributed by atoms with Crippen molar-refractivity contribution in [2.24, 2.45) is 0 Å². The average Bonchev–Trinajstić information content (AvgIpc) is 3.18. The van der Waals surface area contributed by atoms with Gasteiger partial charge in [0.05, 0.1) is 11.0 Å². The number of fused-ring (bicyclic) bond motifs is 3. The highest BCUT2D eigenvalue weighted by Gasteiger charge is 2.15. The van der Waals surface area contributed by atoms with Crippen LogP contribution in [0.5, 0.6) is 0 Å². The Balaban J connectivity index is 1.60. The summed E-state index contributed by atoms with van der Waals surface area (Å²) in [5, 5.41) is 2.42. The Kier molecular flexibility index (Phi) is 4.55. The number of rotatable bonds is 3. The summed E-state index contributed by atoms with van der Waals surface area (Å²) in [7, 11) is 0. The predicted octanol–water partition coefficient (Wildman–Crippen LogP) is 7.07. The molecule has 0 saturated carbocycles. The van der Waals surface area contributed by atoms with Crippen molar-refractivity contribution in [3.8, 4) is 28.5 Å². The normalized spacial score (nSPS) is 11.3. The fourth-order valence-corrected chi connectivity index (χ4v) is 4.50. The van der Waals surface area contributed by atoms with Crippen LogP contribution in [0.25, 0.3) is 50.3 Å². The molecule has 0 bridgehead atoms. The molecule has 0 aliphatic rings. The SMILES string of the molecule is Brc1nc(-c2ccccc2)nc(-c2ccc3c4ccccc4n(-c4ccccc4)c3c2)n1. The maximum absolute atomic E-state index is 4.78. The first kappa shape index (κ1) is 18.9. The molecule has 0 atom stereocenters. The molecule has 6 aromatic rings. The number of halogens is 1. The molecular weight excluding hydrogens is 460 g/mol. The number of para-hydroxylation sites is 2. The van der Waals surface area contributed by atoms with Crippen LogP contribution in [0.3, 0.4) is 0 Å². The largest absolute Gasteiger partial charge is 0.309 e. The fraction of sp³-hybridized carbons (Fsp3) is 0. The summed E-state index contributed by atoms with van der Waals surface area (Å²) in [5.74, 6) is 1.28. The molecule has 0 aliphatic carbocycles.